The predicted octanol–water partition coefficient (Wildman–Crippen LogP) is 2.48. The van der Waals surface area contributed by atoms with Gasteiger partial charge in [0.25, 0.3) is 11.8 Å². The van der Waals surface area contributed by atoms with E-state index in [9.17, 15) is 18.0 Å². The Morgan fingerprint density at radius 3 is 2.37 bits per heavy atom. The molecule has 0 bridgehead atoms. The minimum Gasteiger partial charge on any atom is -0.366 e. The summed E-state index contributed by atoms with van der Waals surface area (Å²) >= 11 is 6.11. The maximum Gasteiger partial charge on any atom is 0.257 e. The molecule has 0 atom stereocenters. The Kier molecular flexibility index (Phi) is 5.50. The molecule has 27 heavy (non-hydrogen) atoms. The van der Waals surface area contributed by atoms with Crippen LogP contribution >= 0.6 is 11.6 Å². The van der Waals surface area contributed by atoms with E-state index in [2.05, 4.69) is 5.32 Å². The lowest BCUT2D eigenvalue weighted by Gasteiger charge is -2.16. The van der Waals surface area contributed by atoms with Crippen molar-refractivity contribution in [1.82, 2.24) is 4.31 Å². The highest BCUT2D eigenvalue weighted by Crippen LogP contribution is 2.26. The molecule has 0 radical (unpaired) electrons. The third-order valence-corrected chi connectivity index (χ3v) is 6.55. The van der Waals surface area contributed by atoms with Crippen LogP contribution in [0.2, 0.25) is 5.02 Å². The van der Waals surface area contributed by atoms with E-state index >= 15 is 0 Å². The van der Waals surface area contributed by atoms with Crippen molar-refractivity contribution in [3.05, 3.63) is 58.6 Å². The summed E-state index contributed by atoms with van der Waals surface area (Å²) in [6, 6.07) is 10.3. The van der Waals surface area contributed by atoms with Crippen LogP contribution in [0.25, 0.3) is 0 Å². The molecule has 0 saturated carbocycles. The Morgan fingerprint density at radius 1 is 1.04 bits per heavy atom. The molecule has 7 nitrogen and oxygen atoms in total. The van der Waals surface area contributed by atoms with Crippen LogP contribution in [0.5, 0.6) is 0 Å². The summed E-state index contributed by atoms with van der Waals surface area (Å²) in [5, 5.41) is 2.67. The fourth-order valence-electron chi connectivity index (χ4n) is 2.91. The Labute approximate surface area is 162 Å². The Balaban J connectivity index is 1.93. The second kappa shape index (κ2) is 7.67. The van der Waals surface area contributed by atoms with Gasteiger partial charge in [-0.3, -0.25) is 9.59 Å². The van der Waals surface area contributed by atoms with Gasteiger partial charge in [-0.25, -0.2) is 8.42 Å². The summed E-state index contributed by atoms with van der Waals surface area (Å²) in [6.07, 6.45) is 1.62. The number of rotatable bonds is 5. The van der Waals surface area contributed by atoms with Crippen LogP contribution in [-0.4, -0.2) is 37.6 Å². The zero-order valence-electron chi connectivity index (χ0n) is 14.3. The summed E-state index contributed by atoms with van der Waals surface area (Å²) in [7, 11) is -3.69. The van der Waals surface area contributed by atoms with Gasteiger partial charge < -0.3 is 11.1 Å². The molecule has 9 heteroatoms. The molecule has 3 N–H and O–H groups in total. The van der Waals surface area contributed by atoms with Crippen molar-refractivity contribution in [3.63, 3.8) is 0 Å². The summed E-state index contributed by atoms with van der Waals surface area (Å²) in [5.74, 6) is -1.32. The lowest BCUT2D eigenvalue weighted by atomic mass is 10.1. The topological polar surface area (TPSA) is 110 Å². The quantitative estimate of drug-likeness (QED) is 0.793. The third kappa shape index (κ3) is 3.97. The van der Waals surface area contributed by atoms with Gasteiger partial charge in [0.15, 0.2) is 0 Å². The van der Waals surface area contributed by atoms with E-state index in [4.69, 9.17) is 17.3 Å². The van der Waals surface area contributed by atoms with Crippen LogP contribution in [0.15, 0.2) is 47.4 Å². The summed E-state index contributed by atoms with van der Waals surface area (Å²) < 4.78 is 26.8. The maximum absolute atomic E-state index is 12.7. The van der Waals surface area contributed by atoms with Crippen LogP contribution in [0.4, 0.5) is 5.69 Å². The molecule has 2 aromatic rings. The number of carbonyl (C=O) groups excluding carboxylic acids is 2. The SMILES string of the molecule is NC(=O)c1ccccc1NC(=O)c1cc(S(=O)(=O)N2CCCC2)ccc1Cl. The number of nitrogens with two attached hydrogens (primary N) is 1. The van der Waals surface area contributed by atoms with Crippen LogP contribution in [0.1, 0.15) is 33.6 Å². The molecule has 0 aromatic heterocycles. The molecule has 142 valence electrons. The summed E-state index contributed by atoms with van der Waals surface area (Å²) in [5.41, 5.74) is 5.67. The zero-order chi connectivity index (χ0) is 19.6. The standard InChI is InChI=1S/C18H18ClN3O4S/c19-15-8-7-12(27(25,26)22-9-3-4-10-22)11-14(15)18(24)21-16-6-2-1-5-13(16)17(20)23/h1-2,5-8,11H,3-4,9-10H2,(H2,20,23)(H,21,24). The minimum atomic E-state index is -3.69. The molecular weight excluding hydrogens is 390 g/mol. The van der Waals surface area contributed by atoms with Gasteiger partial charge in [0.1, 0.15) is 0 Å². The van der Waals surface area contributed by atoms with E-state index in [0.717, 1.165) is 12.8 Å². The monoisotopic (exact) mass is 407 g/mol. The first-order valence-electron chi connectivity index (χ1n) is 8.30. The molecule has 1 fully saturated rings. The molecule has 1 saturated heterocycles. The molecular formula is C18H18ClN3O4S. The zero-order valence-corrected chi connectivity index (χ0v) is 15.9. The number of sulfonamides is 1. The number of anilines is 1. The molecule has 1 aliphatic heterocycles. The van der Waals surface area contributed by atoms with Crippen molar-refractivity contribution in [1.29, 1.82) is 0 Å². The number of halogens is 1. The van der Waals surface area contributed by atoms with E-state index in [1.807, 2.05) is 0 Å². The van der Waals surface area contributed by atoms with E-state index in [1.165, 1.54) is 34.6 Å². The first kappa shape index (κ1) is 19.3. The van der Waals surface area contributed by atoms with Gasteiger partial charge in [0.05, 0.1) is 26.7 Å². The number of benzene rings is 2. The second-order valence-electron chi connectivity index (χ2n) is 6.12. The fraction of sp³-hybridized carbons (Fsp3) is 0.222. The minimum absolute atomic E-state index is 0.00198. The first-order chi connectivity index (χ1) is 12.8. The van der Waals surface area contributed by atoms with Gasteiger partial charge in [-0.1, -0.05) is 23.7 Å². The highest BCUT2D eigenvalue weighted by Gasteiger charge is 2.28. The van der Waals surface area contributed by atoms with Crippen LogP contribution in [0, 0.1) is 0 Å². The largest absolute Gasteiger partial charge is 0.366 e. The van der Waals surface area contributed by atoms with Crippen molar-refractivity contribution >= 4 is 39.1 Å². The van der Waals surface area contributed by atoms with Gasteiger partial charge in [-0.2, -0.15) is 4.31 Å². The average Bonchev–Trinajstić information content (AvgIpc) is 3.17. The molecule has 0 spiro atoms. The lowest BCUT2D eigenvalue weighted by Crippen LogP contribution is -2.28. The highest BCUT2D eigenvalue weighted by atomic mass is 35.5. The van der Waals surface area contributed by atoms with Gasteiger partial charge >= 0.3 is 0 Å². The molecule has 1 heterocycles. The number of hydrogen-bond donors (Lipinski definition) is 2. The highest BCUT2D eigenvalue weighted by molar-refractivity contribution is 7.89. The summed E-state index contributed by atoms with van der Waals surface area (Å²) in [6.45, 7) is 0.914. The molecule has 0 unspecified atom stereocenters. The molecule has 1 aliphatic rings. The Hall–Kier alpha value is -2.42. The molecule has 2 amide bonds. The van der Waals surface area contributed by atoms with Crippen molar-refractivity contribution in [2.24, 2.45) is 5.73 Å². The lowest BCUT2D eigenvalue weighted by molar-refractivity contribution is 0.100. The van der Waals surface area contributed by atoms with Crippen LogP contribution in [0.3, 0.4) is 0 Å². The average molecular weight is 408 g/mol. The molecule has 2 aromatic carbocycles. The van der Waals surface area contributed by atoms with Gasteiger partial charge in [-0.05, 0) is 43.2 Å². The third-order valence-electron chi connectivity index (χ3n) is 4.33. The van der Waals surface area contributed by atoms with Crippen LogP contribution < -0.4 is 11.1 Å². The predicted molar refractivity (Wildman–Crippen MR) is 102 cm³/mol. The smallest absolute Gasteiger partial charge is 0.257 e. The number of para-hydroxylation sites is 1. The second-order valence-corrected chi connectivity index (χ2v) is 8.46. The van der Waals surface area contributed by atoms with E-state index in [-0.39, 0.29) is 26.7 Å². The van der Waals surface area contributed by atoms with E-state index in [1.54, 1.807) is 12.1 Å². The number of carbonyl (C=O) groups is 2. The fourth-order valence-corrected chi connectivity index (χ4v) is 4.66. The summed E-state index contributed by atoms with van der Waals surface area (Å²) in [4.78, 5) is 24.2. The van der Waals surface area contributed by atoms with E-state index < -0.39 is 21.8 Å². The van der Waals surface area contributed by atoms with Crippen molar-refractivity contribution in [3.8, 4) is 0 Å². The number of nitrogens with zero attached hydrogens (tertiary/aromatic N) is 1. The van der Waals surface area contributed by atoms with Crippen LogP contribution in [-0.2, 0) is 10.0 Å². The normalized spacial score (nSPS) is 14.9. The van der Waals surface area contributed by atoms with Gasteiger partial charge in [-0.15, -0.1) is 0 Å². The number of nitrogens with one attached hydrogen (secondary N) is 1. The Morgan fingerprint density at radius 2 is 1.70 bits per heavy atom. The van der Waals surface area contributed by atoms with Crippen molar-refractivity contribution in [2.75, 3.05) is 18.4 Å². The van der Waals surface area contributed by atoms with Gasteiger partial charge in [0, 0.05) is 13.1 Å². The number of primary amides is 1. The van der Waals surface area contributed by atoms with Gasteiger partial charge in [0.2, 0.25) is 10.0 Å². The van der Waals surface area contributed by atoms with E-state index in [0.29, 0.717) is 13.1 Å². The Bertz CT molecular complexity index is 1000. The van der Waals surface area contributed by atoms with Crippen molar-refractivity contribution < 1.29 is 18.0 Å². The number of hydrogen-bond acceptors (Lipinski definition) is 4. The number of amides is 2. The molecule has 0 aliphatic carbocycles. The first-order valence-corrected chi connectivity index (χ1v) is 10.1. The molecule has 3 rings (SSSR count). The maximum atomic E-state index is 12.7. The van der Waals surface area contributed by atoms with Crippen molar-refractivity contribution in [2.45, 2.75) is 17.7 Å².